The maximum atomic E-state index is 11.3. The van der Waals surface area contributed by atoms with Crippen LogP contribution < -0.4 is 16.2 Å². The summed E-state index contributed by atoms with van der Waals surface area (Å²) in [6, 6.07) is 0.491. The standard InChI is InChI=1S/C10H15IN4O/c11-8-9(14-6-15-10(8)16)13-5-7-3-1-2-4-12-7/h6-7,12H,1-5H2,(H2,13,14,15,16). The summed E-state index contributed by atoms with van der Waals surface area (Å²) < 4.78 is 0.621. The maximum absolute atomic E-state index is 11.3. The molecule has 0 aliphatic carbocycles. The number of halogens is 1. The van der Waals surface area contributed by atoms with E-state index >= 15 is 0 Å². The Morgan fingerprint density at radius 3 is 3.19 bits per heavy atom. The maximum Gasteiger partial charge on any atom is 0.266 e. The van der Waals surface area contributed by atoms with E-state index in [1.807, 2.05) is 22.6 Å². The molecule has 3 N–H and O–H groups in total. The monoisotopic (exact) mass is 334 g/mol. The molecule has 1 fully saturated rings. The zero-order valence-electron chi connectivity index (χ0n) is 8.92. The summed E-state index contributed by atoms with van der Waals surface area (Å²) in [5, 5.41) is 6.67. The fourth-order valence-electron chi connectivity index (χ4n) is 1.82. The molecule has 1 aliphatic heterocycles. The van der Waals surface area contributed by atoms with E-state index in [0.717, 1.165) is 13.1 Å². The number of rotatable bonds is 3. The number of aromatic nitrogens is 2. The van der Waals surface area contributed by atoms with Gasteiger partial charge in [0.05, 0.1) is 6.33 Å². The average Bonchev–Trinajstić information content (AvgIpc) is 2.32. The third-order valence-electron chi connectivity index (χ3n) is 2.72. The molecular formula is C10H15IN4O. The highest BCUT2D eigenvalue weighted by atomic mass is 127. The molecule has 1 aromatic rings. The molecule has 88 valence electrons. The van der Waals surface area contributed by atoms with Gasteiger partial charge in [0.1, 0.15) is 9.39 Å². The second kappa shape index (κ2) is 5.62. The van der Waals surface area contributed by atoms with Crippen molar-refractivity contribution >= 4 is 28.4 Å². The molecule has 1 unspecified atom stereocenters. The van der Waals surface area contributed by atoms with E-state index in [4.69, 9.17) is 0 Å². The molecule has 0 aromatic carbocycles. The molecule has 0 spiro atoms. The molecule has 0 saturated carbocycles. The lowest BCUT2D eigenvalue weighted by molar-refractivity contribution is 0.414. The third kappa shape index (κ3) is 2.94. The van der Waals surface area contributed by atoms with E-state index in [2.05, 4.69) is 20.6 Å². The number of anilines is 1. The molecule has 1 saturated heterocycles. The lowest BCUT2D eigenvalue weighted by atomic mass is 10.1. The topological polar surface area (TPSA) is 69.8 Å². The minimum atomic E-state index is -0.0882. The predicted octanol–water partition coefficient (Wildman–Crippen LogP) is 0.928. The van der Waals surface area contributed by atoms with Gasteiger partial charge in [-0.05, 0) is 42.0 Å². The van der Waals surface area contributed by atoms with Crippen LogP contribution in [-0.4, -0.2) is 29.1 Å². The van der Waals surface area contributed by atoms with Crippen molar-refractivity contribution in [2.45, 2.75) is 25.3 Å². The number of nitrogens with zero attached hydrogens (tertiary/aromatic N) is 1. The zero-order chi connectivity index (χ0) is 11.4. The fraction of sp³-hybridized carbons (Fsp3) is 0.600. The fourth-order valence-corrected chi connectivity index (χ4v) is 2.31. The summed E-state index contributed by atoms with van der Waals surface area (Å²) in [4.78, 5) is 18.0. The van der Waals surface area contributed by atoms with Gasteiger partial charge in [-0.2, -0.15) is 0 Å². The van der Waals surface area contributed by atoms with Gasteiger partial charge >= 0.3 is 0 Å². The number of hydrogen-bond donors (Lipinski definition) is 3. The van der Waals surface area contributed by atoms with Crippen LogP contribution in [0.25, 0.3) is 0 Å². The van der Waals surface area contributed by atoms with Crippen LogP contribution in [0.4, 0.5) is 5.82 Å². The molecule has 1 aromatic heterocycles. The van der Waals surface area contributed by atoms with Crippen molar-refractivity contribution in [3.8, 4) is 0 Å². The van der Waals surface area contributed by atoms with E-state index < -0.39 is 0 Å². The second-order valence-corrected chi connectivity index (χ2v) is 5.00. The zero-order valence-corrected chi connectivity index (χ0v) is 11.1. The highest BCUT2D eigenvalue weighted by Crippen LogP contribution is 2.11. The van der Waals surface area contributed by atoms with Crippen LogP contribution in [0.2, 0.25) is 0 Å². The molecule has 5 nitrogen and oxygen atoms in total. The van der Waals surface area contributed by atoms with E-state index in [9.17, 15) is 4.79 Å². The average molecular weight is 334 g/mol. The Morgan fingerprint density at radius 2 is 2.44 bits per heavy atom. The molecule has 0 bridgehead atoms. The van der Waals surface area contributed by atoms with Crippen LogP contribution in [-0.2, 0) is 0 Å². The smallest absolute Gasteiger partial charge is 0.266 e. The van der Waals surface area contributed by atoms with E-state index in [1.54, 1.807) is 0 Å². The Balaban J connectivity index is 1.93. The third-order valence-corrected chi connectivity index (χ3v) is 3.73. The summed E-state index contributed by atoms with van der Waals surface area (Å²) in [5.74, 6) is 0.678. The van der Waals surface area contributed by atoms with Gasteiger partial charge in [-0.1, -0.05) is 6.42 Å². The Bertz CT molecular complexity index is 400. The van der Waals surface area contributed by atoms with Gasteiger partial charge in [0.2, 0.25) is 0 Å². The van der Waals surface area contributed by atoms with Crippen molar-refractivity contribution in [3.05, 3.63) is 20.3 Å². The Morgan fingerprint density at radius 1 is 1.56 bits per heavy atom. The summed E-state index contributed by atoms with van der Waals surface area (Å²) in [5.41, 5.74) is -0.0882. The molecule has 1 atom stereocenters. The number of aromatic amines is 1. The number of piperidine rings is 1. The van der Waals surface area contributed by atoms with E-state index in [-0.39, 0.29) is 5.56 Å². The Hall–Kier alpha value is -0.630. The van der Waals surface area contributed by atoms with Crippen molar-refractivity contribution in [2.24, 2.45) is 0 Å². The molecule has 6 heteroatoms. The first-order chi connectivity index (χ1) is 7.77. The van der Waals surface area contributed by atoms with Crippen LogP contribution in [0.5, 0.6) is 0 Å². The first-order valence-electron chi connectivity index (χ1n) is 5.48. The molecule has 2 rings (SSSR count). The summed E-state index contributed by atoms with van der Waals surface area (Å²) in [6.45, 7) is 1.92. The first-order valence-corrected chi connectivity index (χ1v) is 6.55. The van der Waals surface area contributed by atoms with Crippen molar-refractivity contribution in [3.63, 3.8) is 0 Å². The largest absolute Gasteiger partial charge is 0.367 e. The van der Waals surface area contributed by atoms with Gasteiger partial charge in [0.25, 0.3) is 5.56 Å². The van der Waals surface area contributed by atoms with Gasteiger partial charge in [-0.25, -0.2) is 4.98 Å². The van der Waals surface area contributed by atoms with Gasteiger partial charge in [-0.3, -0.25) is 4.79 Å². The molecule has 1 aliphatic rings. The first kappa shape index (κ1) is 11.8. The van der Waals surface area contributed by atoms with Crippen LogP contribution in [0.1, 0.15) is 19.3 Å². The lowest BCUT2D eigenvalue weighted by Crippen LogP contribution is -2.39. The van der Waals surface area contributed by atoms with Crippen molar-refractivity contribution < 1.29 is 0 Å². The van der Waals surface area contributed by atoms with Crippen molar-refractivity contribution in [2.75, 3.05) is 18.4 Å². The molecule has 16 heavy (non-hydrogen) atoms. The molecule has 0 radical (unpaired) electrons. The summed E-state index contributed by atoms with van der Waals surface area (Å²) in [7, 11) is 0. The van der Waals surface area contributed by atoms with Gasteiger partial charge in [0, 0.05) is 12.6 Å². The minimum absolute atomic E-state index is 0.0882. The molecule has 2 heterocycles. The number of H-pyrrole nitrogens is 1. The van der Waals surface area contributed by atoms with Gasteiger partial charge < -0.3 is 15.6 Å². The number of nitrogens with one attached hydrogen (secondary N) is 3. The van der Waals surface area contributed by atoms with Crippen LogP contribution in [0.15, 0.2) is 11.1 Å². The van der Waals surface area contributed by atoms with Crippen molar-refractivity contribution in [1.82, 2.24) is 15.3 Å². The van der Waals surface area contributed by atoms with Crippen LogP contribution in [0.3, 0.4) is 0 Å². The highest BCUT2D eigenvalue weighted by Gasteiger charge is 2.13. The predicted molar refractivity (Wildman–Crippen MR) is 71.7 cm³/mol. The second-order valence-electron chi connectivity index (χ2n) is 3.92. The minimum Gasteiger partial charge on any atom is -0.367 e. The molecule has 0 amide bonds. The summed E-state index contributed by atoms with van der Waals surface area (Å²) >= 11 is 2.01. The Kier molecular flexibility index (Phi) is 4.16. The van der Waals surface area contributed by atoms with Crippen molar-refractivity contribution in [1.29, 1.82) is 0 Å². The van der Waals surface area contributed by atoms with Crippen LogP contribution >= 0.6 is 22.6 Å². The Labute approximate surface area is 108 Å². The lowest BCUT2D eigenvalue weighted by Gasteiger charge is -2.23. The quantitative estimate of drug-likeness (QED) is 0.720. The van der Waals surface area contributed by atoms with Crippen LogP contribution in [0, 0.1) is 3.57 Å². The van der Waals surface area contributed by atoms with E-state index in [1.165, 1.54) is 25.6 Å². The number of hydrogen-bond acceptors (Lipinski definition) is 4. The molecular weight excluding hydrogens is 319 g/mol. The summed E-state index contributed by atoms with van der Waals surface area (Å²) in [6.07, 6.45) is 5.16. The van der Waals surface area contributed by atoms with Gasteiger partial charge in [-0.15, -0.1) is 0 Å². The normalized spacial score (nSPS) is 20.7. The highest BCUT2D eigenvalue weighted by molar-refractivity contribution is 14.1. The SMILES string of the molecule is O=c1[nH]cnc(NCC2CCCCN2)c1I. The van der Waals surface area contributed by atoms with E-state index in [0.29, 0.717) is 15.4 Å². The van der Waals surface area contributed by atoms with Gasteiger partial charge in [0.15, 0.2) is 0 Å².